The first-order chi connectivity index (χ1) is 17.2. The SMILES string of the molecule is CN1c2ccccc2C(=O)NC1c1c[nH]nc1-c1ccc(-c2ccc(N3CCNCC3)cc2)cc1. The van der Waals surface area contributed by atoms with Gasteiger partial charge in [0.15, 0.2) is 0 Å². The molecule has 3 heterocycles. The summed E-state index contributed by atoms with van der Waals surface area (Å²) < 4.78 is 0. The summed E-state index contributed by atoms with van der Waals surface area (Å²) in [7, 11) is 1.99. The van der Waals surface area contributed by atoms with Crippen molar-refractivity contribution < 1.29 is 4.79 Å². The average Bonchev–Trinajstić information content (AvgIpc) is 3.41. The second-order valence-electron chi connectivity index (χ2n) is 9.05. The largest absolute Gasteiger partial charge is 0.369 e. The van der Waals surface area contributed by atoms with Crippen molar-refractivity contribution >= 4 is 17.3 Å². The smallest absolute Gasteiger partial charge is 0.255 e. The highest BCUT2D eigenvalue weighted by Crippen LogP contribution is 2.35. The van der Waals surface area contributed by atoms with Crippen molar-refractivity contribution in [2.75, 3.05) is 43.0 Å². The lowest BCUT2D eigenvalue weighted by Crippen LogP contribution is -2.44. The molecule has 3 aromatic carbocycles. The monoisotopic (exact) mass is 464 g/mol. The van der Waals surface area contributed by atoms with Crippen molar-refractivity contribution in [2.24, 2.45) is 0 Å². The van der Waals surface area contributed by atoms with Crippen molar-refractivity contribution in [1.29, 1.82) is 0 Å². The number of piperazine rings is 1. The zero-order valence-electron chi connectivity index (χ0n) is 19.7. The number of para-hydroxylation sites is 1. The molecule has 0 radical (unpaired) electrons. The number of amides is 1. The standard InChI is InChI=1S/C28H28N6O/c1-33-25-5-3-2-4-23(25)28(35)31-27(33)24-18-30-32-26(24)21-8-6-19(7-9-21)20-10-12-22(13-11-20)34-16-14-29-15-17-34/h2-13,18,27,29H,14-17H2,1H3,(H,30,32)(H,31,35). The van der Waals surface area contributed by atoms with Gasteiger partial charge >= 0.3 is 0 Å². The number of nitrogens with zero attached hydrogens (tertiary/aromatic N) is 3. The van der Waals surface area contributed by atoms with Crippen molar-refractivity contribution in [1.82, 2.24) is 20.8 Å². The molecule has 6 rings (SSSR count). The van der Waals surface area contributed by atoms with Crippen LogP contribution in [0.1, 0.15) is 22.1 Å². The van der Waals surface area contributed by atoms with Gasteiger partial charge in [-0.15, -0.1) is 0 Å². The van der Waals surface area contributed by atoms with Crippen LogP contribution in [0, 0.1) is 0 Å². The zero-order chi connectivity index (χ0) is 23.8. The number of fused-ring (bicyclic) bond motifs is 1. The molecule has 7 heteroatoms. The molecule has 0 spiro atoms. The Labute approximate surface area is 204 Å². The van der Waals surface area contributed by atoms with E-state index in [1.165, 1.54) is 11.3 Å². The fraction of sp³-hybridized carbons (Fsp3) is 0.214. The molecule has 1 saturated heterocycles. The summed E-state index contributed by atoms with van der Waals surface area (Å²) in [5.41, 5.74) is 7.99. The molecule has 3 N–H and O–H groups in total. The quantitative estimate of drug-likeness (QED) is 0.425. The first-order valence-electron chi connectivity index (χ1n) is 12.0. The van der Waals surface area contributed by atoms with Gasteiger partial charge in [-0.3, -0.25) is 9.89 Å². The van der Waals surface area contributed by atoms with Crippen molar-refractivity contribution in [2.45, 2.75) is 6.17 Å². The van der Waals surface area contributed by atoms with E-state index in [1.54, 1.807) is 0 Å². The van der Waals surface area contributed by atoms with Gasteiger partial charge in [0, 0.05) is 56.2 Å². The summed E-state index contributed by atoms with van der Waals surface area (Å²) in [5.74, 6) is -0.0736. The minimum absolute atomic E-state index is 0.0736. The molecule has 7 nitrogen and oxygen atoms in total. The third kappa shape index (κ3) is 3.94. The molecule has 1 amide bonds. The average molecular weight is 465 g/mol. The molecule has 176 valence electrons. The third-order valence-electron chi connectivity index (χ3n) is 6.99. The summed E-state index contributed by atoms with van der Waals surface area (Å²) >= 11 is 0. The highest BCUT2D eigenvalue weighted by Gasteiger charge is 2.31. The number of anilines is 2. The number of nitrogens with one attached hydrogen (secondary N) is 3. The predicted molar refractivity (Wildman–Crippen MR) is 140 cm³/mol. The zero-order valence-corrected chi connectivity index (χ0v) is 19.7. The molecule has 1 aromatic heterocycles. The van der Waals surface area contributed by atoms with E-state index >= 15 is 0 Å². The Morgan fingerprint density at radius 3 is 2.26 bits per heavy atom. The Kier molecular flexibility index (Phi) is 5.47. The highest BCUT2D eigenvalue weighted by atomic mass is 16.2. The van der Waals surface area contributed by atoms with Crippen molar-refractivity contribution in [3.8, 4) is 22.4 Å². The van der Waals surface area contributed by atoms with E-state index < -0.39 is 0 Å². The Balaban J connectivity index is 1.24. The van der Waals surface area contributed by atoms with Crippen molar-refractivity contribution in [3.63, 3.8) is 0 Å². The van der Waals surface area contributed by atoms with Crippen LogP contribution in [0.2, 0.25) is 0 Å². The van der Waals surface area contributed by atoms with E-state index in [-0.39, 0.29) is 12.1 Å². The van der Waals surface area contributed by atoms with Crippen LogP contribution in [0.25, 0.3) is 22.4 Å². The molecular weight excluding hydrogens is 436 g/mol. The van der Waals surface area contributed by atoms with Gasteiger partial charge in [0.2, 0.25) is 0 Å². The summed E-state index contributed by atoms with van der Waals surface area (Å²) in [6.07, 6.45) is 1.57. The number of carbonyl (C=O) groups is 1. The lowest BCUT2D eigenvalue weighted by Gasteiger charge is -2.36. The van der Waals surface area contributed by atoms with E-state index in [2.05, 4.69) is 79.2 Å². The number of carbonyl (C=O) groups excluding carboxylic acids is 1. The maximum absolute atomic E-state index is 12.7. The highest BCUT2D eigenvalue weighted by molar-refractivity contribution is 6.02. The van der Waals surface area contributed by atoms with E-state index in [9.17, 15) is 4.79 Å². The number of hydrogen-bond acceptors (Lipinski definition) is 5. The topological polar surface area (TPSA) is 76.3 Å². The summed E-state index contributed by atoms with van der Waals surface area (Å²) in [6.45, 7) is 4.15. The van der Waals surface area contributed by atoms with Gasteiger partial charge in [-0.25, -0.2) is 0 Å². The fourth-order valence-corrected chi connectivity index (χ4v) is 5.04. The van der Waals surface area contributed by atoms with E-state index in [0.29, 0.717) is 5.56 Å². The van der Waals surface area contributed by atoms with Gasteiger partial charge < -0.3 is 20.4 Å². The molecule has 1 unspecified atom stereocenters. The number of aromatic nitrogens is 2. The molecular formula is C28H28N6O. The normalized spacial score (nSPS) is 17.7. The minimum atomic E-state index is -0.302. The van der Waals surface area contributed by atoms with Crippen LogP contribution in [0.3, 0.4) is 0 Å². The van der Waals surface area contributed by atoms with E-state index in [0.717, 1.165) is 54.3 Å². The first-order valence-corrected chi connectivity index (χ1v) is 12.0. The lowest BCUT2D eigenvalue weighted by molar-refractivity contribution is 0.0928. The Hall–Kier alpha value is -4.10. The Morgan fingerprint density at radius 1 is 0.857 bits per heavy atom. The number of aromatic amines is 1. The predicted octanol–water partition coefficient (Wildman–Crippen LogP) is 4.03. The fourth-order valence-electron chi connectivity index (χ4n) is 5.04. The summed E-state index contributed by atoms with van der Waals surface area (Å²) in [5, 5.41) is 14.1. The molecule has 2 aliphatic heterocycles. The van der Waals surface area contributed by atoms with E-state index in [4.69, 9.17) is 0 Å². The van der Waals surface area contributed by atoms with Crippen LogP contribution in [0.5, 0.6) is 0 Å². The van der Waals surface area contributed by atoms with Gasteiger partial charge in [0.1, 0.15) is 6.17 Å². The van der Waals surface area contributed by atoms with Crippen LogP contribution in [-0.4, -0.2) is 49.3 Å². The second-order valence-corrected chi connectivity index (χ2v) is 9.05. The van der Waals surface area contributed by atoms with Crippen LogP contribution >= 0.6 is 0 Å². The van der Waals surface area contributed by atoms with Crippen LogP contribution in [-0.2, 0) is 0 Å². The maximum Gasteiger partial charge on any atom is 0.255 e. The first kappa shape index (κ1) is 21.4. The molecule has 0 saturated carbocycles. The molecule has 2 aliphatic rings. The van der Waals surface area contributed by atoms with Gasteiger partial charge in [-0.2, -0.15) is 5.10 Å². The molecule has 1 atom stereocenters. The molecule has 1 fully saturated rings. The Bertz CT molecular complexity index is 1340. The van der Waals surface area contributed by atoms with Crippen LogP contribution < -0.4 is 20.4 Å². The third-order valence-corrected chi connectivity index (χ3v) is 6.99. The number of hydrogen-bond donors (Lipinski definition) is 3. The van der Waals surface area contributed by atoms with Gasteiger partial charge in [-0.1, -0.05) is 48.5 Å². The number of H-pyrrole nitrogens is 1. The maximum atomic E-state index is 12.7. The number of benzene rings is 3. The van der Waals surface area contributed by atoms with Crippen molar-refractivity contribution in [3.05, 3.63) is 90.1 Å². The lowest BCUT2D eigenvalue weighted by atomic mass is 9.99. The Morgan fingerprint density at radius 2 is 1.51 bits per heavy atom. The second kappa shape index (κ2) is 8.92. The van der Waals surface area contributed by atoms with Gasteiger partial charge in [0.05, 0.1) is 16.9 Å². The summed E-state index contributed by atoms with van der Waals surface area (Å²) in [6, 6.07) is 24.9. The molecule has 4 aromatic rings. The van der Waals surface area contributed by atoms with Crippen LogP contribution in [0.15, 0.2) is 79.0 Å². The minimum Gasteiger partial charge on any atom is -0.369 e. The molecule has 0 aliphatic carbocycles. The molecule has 0 bridgehead atoms. The van der Waals surface area contributed by atoms with Crippen LogP contribution in [0.4, 0.5) is 11.4 Å². The summed E-state index contributed by atoms with van der Waals surface area (Å²) in [4.78, 5) is 17.2. The van der Waals surface area contributed by atoms with Gasteiger partial charge in [-0.05, 0) is 35.4 Å². The number of rotatable bonds is 4. The van der Waals surface area contributed by atoms with E-state index in [1.807, 2.05) is 37.5 Å². The molecule has 35 heavy (non-hydrogen) atoms. The van der Waals surface area contributed by atoms with Gasteiger partial charge in [0.25, 0.3) is 5.91 Å².